The molecule has 0 radical (unpaired) electrons. The third kappa shape index (κ3) is 5.07. The lowest BCUT2D eigenvalue weighted by Crippen LogP contribution is -2.15. The predicted octanol–water partition coefficient (Wildman–Crippen LogP) is 6.06. The molecule has 0 saturated heterocycles. The molecule has 5 rings (SSSR count). The fraction of sp³-hybridized carbons (Fsp3) is 0.194. The number of nitrogens with zero attached hydrogens (tertiary/aromatic N) is 4. The Labute approximate surface area is 215 Å². The van der Waals surface area contributed by atoms with Crippen LogP contribution in [0.1, 0.15) is 57.8 Å². The molecular formula is C31H25FN4O. The number of aromatic nitrogens is 3. The van der Waals surface area contributed by atoms with Crippen LogP contribution < -0.4 is 0 Å². The summed E-state index contributed by atoms with van der Waals surface area (Å²) in [6, 6.07) is 17.9. The van der Waals surface area contributed by atoms with Gasteiger partial charge in [-0.15, -0.1) is 0 Å². The number of carbonyl (C=O) groups is 1. The van der Waals surface area contributed by atoms with E-state index in [0.29, 0.717) is 17.5 Å². The Morgan fingerprint density at radius 2 is 1.89 bits per heavy atom. The maximum atomic E-state index is 14.7. The quantitative estimate of drug-likeness (QED) is 0.295. The number of hydrogen-bond acceptors (Lipinski definition) is 5. The molecule has 0 unspecified atom stereocenters. The van der Waals surface area contributed by atoms with E-state index in [1.807, 2.05) is 44.2 Å². The van der Waals surface area contributed by atoms with Crippen molar-refractivity contribution in [3.8, 4) is 17.3 Å². The summed E-state index contributed by atoms with van der Waals surface area (Å²) in [6.07, 6.45) is 8.60. The normalized spacial score (nSPS) is 12.3. The molecule has 0 spiro atoms. The maximum Gasteiger partial charge on any atom is 0.167 e. The number of pyridine rings is 1. The first-order valence-electron chi connectivity index (χ1n) is 12.1. The van der Waals surface area contributed by atoms with Gasteiger partial charge in [0.05, 0.1) is 28.6 Å². The summed E-state index contributed by atoms with van der Waals surface area (Å²) in [5, 5.41) is 9.44. The predicted molar refractivity (Wildman–Crippen MR) is 140 cm³/mol. The van der Waals surface area contributed by atoms with E-state index < -0.39 is 11.2 Å². The van der Waals surface area contributed by atoms with Crippen LogP contribution in [0, 0.1) is 17.1 Å². The Morgan fingerprint density at radius 1 is 1.05 bits per heavy atom. The summed E-state index contributed by atoms with van der Waals surface area (Å²) in [7, 11) is 0. The first-order valence-corrected chi connectivity index (χ1v) is 12.1. The SMILES string of the molecule is CC(C)(C#N)c1cccc(C(=O)Cc2cc(F)cc(Cc3ncccc3-c3ncnc4c3C=CC4)c2)c1. The summed E-state index contributed by atoms with van der Waals surface area (Å²) in [6.45, 7) is 3.63. The molecule has 0 aliphatic heterocycles. The Hall–Kier alpha value is -4.50. The van der Waals surface area contributed by atoms with E-state index in [2.05, 4.69) is 27.1 Å². The molecular weight excluding hydrogens is 463 g/mol. The van der Waals surface area contributed by atoms with Gasteiger partial charge in [-0.2, -0.15) is 5.26 Å². The highest BCUT2D eigenvalue weighted by atomic mass is 19.1. The van der Waals surface area contributed by atoms with Gasteiger partial charge in [-0.3, -0.25) is 9.78 Å². The zero-order valence-electron chi connectivity index (χ0n) is 20.7. The molecule has 1 aliphatic carbocycles. The minimum absolute atomic E-state index is 0.0560. The van der Waals surface area contributed by atoms with Crippen LogP contribution in [0.3, 0.4) is 0 Å². The Balaban J connectivity index is 1.42. The van der Waals surface area contributed by atoms with Gasteiger partial charge in [-0.05, 0) is 60.9 Å². The van der Waals surface area contributed by atoms with E-state index in [9.17, 15) is 14.4 Å². The monoisotopic (exact) mass is 488 g/mol. The van der Waals surface area contributed by atoms with E-state index >= 15 is 0 Å². The van der Waals surface area contributed by atoms with Crippen molar-refractivity contribution < 1.29 is 9.18 Å². The molecule has 0 bridgehead atoms. The molecule has 37 heavy (non-hydrogen) atoms. The minimum atomic E-state index is -0.706. The molecule has 2 heterocycles. The molecule has 182 valence electrons. The molecule has 0 fully saturated rings. The van der Waals surface area contributed by atoms with Gasteiger partial charge >= 0.3 is 0 Å². The van der Waals surface area contributed by atoms with Crippen LogP contribution in [-0.2, 0) is 24.7 Å². The van der Waals surface area contributed by atoms with Crippen molar-refractivity contribution in [2.24, 2.45) is 0 Å². The van der Waals surface area contributed by atoms with Crippen molar-refractivity contribution in [2.45, 2.75) is 38.5 Å². The van der Waals surface area contributed by atoms with Crippen LogP contribution in [0.2, 0.25) is 0 Å². The van der Waals surface area contributed by atoms with Crippen LogP contribution in [-0.4, -0.2) is 20.7 Å². The zero-order chi connectivity index (χ0) is 26.0. The van der Waals surface area contributed by atoms with Gasteiger partial charge in [0.2, 0.25) is 0 Å². The van der Waals surface area contributed by atoms with E-state index in [-0.39, 0.29) is 12.2 Å². The van der Waals surface area contributed by atoms with Gasteiger partial charge in [-0.25, -0.2) is 14.4 Å². The van der Waals surface area contributed by atoms with Crippen molar-refractivity contribution in [3.63, 3.8) is 0 Å². The summed E-state index contributed by atoms with van der Waals surface area (Å²) >= 11 is 0. The maximum absolute atomic E-state index is 14.7. The molecule has 2 aromatic carbocycles. The van der Waals surface area contributed by atoms with Gasteiger partial charge < -0.3 is 0 Å². The average Bonchev–Trinajstić information content (AvgIpc) is 3.38. The van der Waals surface area contributed by atoms with E-state index in [4.69, 9.17) is 0 Å². The zero-order valence-corrected chi connectivity index (χ0v) is 20.7. The third-order valence-corrected chi connectivity index (χ3v) is 6.65. The summed E-state index contributed by atoms with van der Waals surface area (Å²) in [5.41, 5.74) is 6.33. The van der Waals surface area contributed by atoms with Crippen LogP contribution in [0.25, 0.3) is 17.3 Å². The lowest BCUT2D eigenvalue weighted by molar-refractivity contribution is 0.0993. The first-order chi connectivity index (χ1) is 17.8. The Kier molecular flexibility index (Phi) is 6.45. The van der Waals surface area contributed by atoms with Crippen molar-refractivity contribution in [1.82, 2.24) is 15.0 Å². The average molecular weight is 489 g/mol. The molecule has 0 atom stereocenters. The molecule has 1 aliphatic rings. The molecule has 0 saturated carbocycles. The largest absolute Gasteiger partial charge is 0.294 e. The number of carbonyl (C=O) groups excluding carboxylic acids is 1. The van der Waals surface area contributed by atoms with E-state index in [1.165, 1.54) is 12.1 Å². The molecule has 4 aromatic rings. The van der Waals surface area contributed by atoms with E-state index in [0.717, 1.165) is 45.8 Å². The van der Waals surface area contributed by atoms with Crippen molar-refractivity contribution in [3.05, 3.63) is 118 Å². The van der Waals surface area contributed by atoms with Crippen molar-refractivity contribution in [1.29, 1.82) is 5.26 Å². The topological polar surface area (TPSA) is 79.5 Å². The minimum Gasteiger partial charge on any atom is -0.294 e. The number of benzene rings is 2. The smallest absolute Gasteiger partial charge is 0.167 e. The molecule has 0 amide bonds. The Bertz CT molecular complexity index is 1580. The number of rotatable bonds is 7. The van der Waals surface area contributed by atoms with Crippen LogP contribution in [0.5, 0.6) is 0 Å². The van der Waals surface area contributed by atoms with Gasteiger partial charge in [0.15, 0.2) is 5.78 Å². The third-order valence-electron chi connectivity index (χ3n) is 6.65. The second kappa shape index (κ2) is 9.87. The highest BCUT2D eigenvalue weighted by Crippen LogP contribution is 2.31. The molecule has 6 heteroatoms. The number of ketones is 1. The summed E-state index contributed by atoms with van der Waals surface area (Å²) in [4.78, 5) is 26.5. The highest BCUT2D eigenvalue weighted by molar-refractivity contribution is 5.97. The molecule has 5 nitrogen and oxygen atoms in total. The first kappa shape index (κ1) is 24.2. The fourth-order valence-electron chi connectivity index (χ4n) is 4.62. The van der Waals surface area contributed by atoms with Gasteiger partial charge in [0.1, 0.15) is 12.1 Å². The highest BCUT2D eigenvalue weighted by Gasteiger charge is 2.21. The number of nitriles is 1. The number of fused-ring (bicyclic) bond motifs is 1. The number of halogens is 1. The van der Waals surface area contributed by atoms with E-state index in [1.54, 1.807) is 30.7 Å². The Morgan fingerprint density at radius 3 is 2.73 bits per heavy atom. The van der Waals surface area contributed by atoms with Crippen molar-refractivity contribution >= 4 is 11.9 Å². The van der Waals surface area contributed by atoms with Crippen LogP contribution in [0.4, 0.5) is 4.39 Å². The van der Waals surface area contributed by atoms with Gasteiger partial charge in [0.25, 0.3) is 0 Å². The number of Topliss-reactive ketones (excluding diaryl/α,β-unsaturated/α-hetero) is 1. The van der Waals surface area contributed by atoms with Crippen molar-refractivity contribution in [2.75, 3.05) is 0 Å². The lowest BCUT2D eigenvalue weighted by atomic mass is 9.85. The molecule has 0 N–H and O–H groups in total. The second-order valence-electron chi connectivity index (χ2n) is 9.75. The second-order valence-corrected chi connectivity index (χ2v) is 9.75. The summed E-state index contributed by atoms with van der Waals surface area (Å²) < 4.78 is 14.7. The number of allylic oxidation sites excluding steroid dienone is 1. The lowest BCUT2D eigenvalue weighted by Gasteiger charge is -2.16. The van der Waals surface area contributed by atoms with Gasteiger partial charge in [0, 0.05) is 42.1 Å². The standard InChI is InChI=1S/C31H25FN4O/c1-31(2,18-33)23-7-3-6-22(17-23)29(37)16-21-12-20(13-24(32)14-21)15-28-26(9-5-11-34-28)30-25-8-4-10-27(25)35-19-36-30/h3-9,11-14,17,19H,10,15-16H2,1-2H3. The summed E-state index contributed by atoms with van der Waals surface area (Å²) in [5.74, 6) is -0.531. The molecule has 2 aromatic heterocycles. The fourth-order valence-corrected chi connectivity index (χ4v) is 4.62. The van der Waals surface area contributed by atoms with Crippen LogP contribution in [0.15, 0.2) is 73.2 Å². The number of hydrogen-bond donors (Lipinski definition) is 0. The van der Waals surface area contributed by atoms with Gasteiger partial charge in [-0.1, -0.05) is 36.4 Å². The van der Waals surface area contributed by atoms with Crippen LogP contribution >= 0.6 is 0 Å².